The number of carbonyl (C=O) groups is 3. The number of fused-ring (bicyclic) bond motifs is 1. The summed E-state index contributed by atoms with van der Waals surface area (Å²) in [5, 5.41) is 12.0. The van der Waals surface area contributed by atoms with Crippen molar-refractivity contribution in [3.05, 3.63) is 36.5 Å². The molecule has 1 atom stereocenters. The second-order valence-electron chi connectivity index (χ2n) is 4.77. The minimum atomic E-state index is -1.11. The maximum Gasteiger partial charge on any atom is 0.325 e. The van der Waals surface area contributed by atoms with Crippen molar-refractivity contribution < 1.29 is 19.5 Å². The van der Waals surface area contributed by atoms with E-state index in [0.717, 1.165) is 10.9 Å². The molecule has 0 bridgehead atoms. The Morgan fingerprint density at radius 3 is 2.62 bits per heavy atom. The van der Waals surface area contributed by atoms with Crippen LogP contribution in [0.1, 0.15) is 24.6 Å². The third-order valence-electron chi connectivity index (χ3n) is 3.18. The number of carbonyl (C=O) groups excluding carboxylic acids is 2. The van der Waals surface area contributed by atoms with E-state index in [1.165, 1.54) is 11.5 Å². The molecule has 0 fully saturated rings. The van der Waals surface area contributed by atoms with Crippen LogP contribution in [0.4, 0.5) is 0 Å². The largest absolute Gasteiger partial charge is 0.480 e. The van der Waals surface area contributed by atoms with Gasteiger partial charge in [0.15, 0.2) is 0 Å². The lowest BCUT2D eigenvalue weighted by atomic mass is 10.2. The third kappa shape index (κ3) is 3.47. The summed E-state index contributed by atoms with van der Waals surface area (Å²) in [7, 11) is 0. The number of rotatable bonds is 5. The van der Waals surface area contributed by atoms with E-state index in [4.69, 9.17) is 5.11 Å². The molecule has 0 aliphatic heterocycles. The molecule has 0 radical (unpaired) electrons. The van der Waals surface area contributed by atoms with Crippen molar-refractivity contribution in [1.29, 1.82) is 0 Å². The smallest absolute Gasteiger partial charge is 0.325 e. The molecule has 0 spiro atoms. The maximum absolute atomic E-state index is 12.1. The molecule has 6 heteroatoms. The number of nitrogens with one attached hydrogen (secondary N) is 1. The summed E-state index contributed by atoms with van der Waals surface area (Å²) in [6.45, 7) is 1.38. The molecule has 2 rings (SSSR count). The van der Waals surface area contributed by atoms with Crippen LogP contribution in [-0.2, 0) is 9.59 Å². The van der Waals surface area contributed by atoms with Crippen molar-refractivity contribution in [2.24, 2.45) is 0 Å². The molecule has 1 amide bonds. The van der Waals surface area contributed by atoms with Crippen LogP contribution < -0.4 is 5.32 Å². The average Bonchev–Trinajstić information content (AvgIpc) is 2.88. The number of benzene rings is 1. The Bertz CT molecular complexity index is 690. The number of nitrogens with zero attached hydrogens (tertiary/aromatic N) is 1. The van der Waals surface area contributed by atoms with Gasteiger partial charge in [-0.15, -0.1) is 0 Å². The van der Waals surface area contributed by atoms with Crippen LogP contribution in [0.5, 0.6) is 0 Å². The molecule has 0 saturated heterocycles. The van der Waals surface area contributed by atoms with Crippen molar-refractivity contribution >= 4 is 28.7 Å². The van der Waals surface area contributed by atoms with Gasteiger partial charge in [0.2, 0.25) is 11.8 Å². The van der Waals surface area contributed by atoms with E-state index in [1.807, 2.05) is 30.3 Å². The molecule has 0 aliphatic rings. The van der Waals surface area contributed by atoms with Crippen molar-refractivity contribution in [2.75, 3.05) is 0 Å². The monoisotopic (exact) mass is 288 g/mol. The van der Waals surface area contributed by atoms with E-state index in [9.17, 15) is 14.4 Å². The van der Waals surface area contributed by atoms with E-state index in [0.29, 0.717) is 0 Å². The minimum absolute atomic E-state index is 0.0246. The highest BCUT2D eigenvalue weighted by Crippen LogP contribution is 2.15. The summed E-state index contributed by atoms with van der Waals surface area (Å²) < 4.78 is 1.50. The number of carboxylic acids is 1. The molecule has 0 aliphatic carbocycles. The Balaban J connectivity index is 1.96. The van der Waals surface area contributed by atoms with Crippen LogP contribution in [0, 0.1) is 0 Å². The van der Waals surface area contributed by atoms with Gasteiger partial charge in [0, 0.05) is 24.4 Å². The van der Waals surface area contributed by atoms with Crippen molar-refractivity contribution in [2.45, 2.75) is 25.8 Å². The zero-order valence-electron chi connectivity index (χ0n) is 11.6. The number of amides is 1. The molecule has 110 valence electrons. The average molecular weight is 288 g/mol. The van der Waals surface area contributed by atoms with Crippen molar-refractivity contribution in [3.63, 3.8) is 0 Å². The second kappa shape index (κ2) is 6.21. The first kappa shape index (κ1) is 14.8. The molecular weight excluding hydrogens is 272 g/mol. The summed E-state index contributed by atoms with van der Waals surface area (Å²) in [5.74, 6) is -1.75. The summed E-state index contributed by atoms with van der Waals surface area (Å²) in [6.07, 6.45) is 1.66. The molecule has 6 nitrogen and oxygen atoms in total. The highest BCUT2D eigenvalue weighted by atomic mass is 16.4. The normalized spacial score (nSPS) is 12.0. The highest BCUT2D eigenvalue weighted by Gasteiger charge is 2.15. The molecule has 21 heavy (non-hydrogen) atoms. The topological polar surface area (TPSA) is 88.4 Å². The van der Waals surface area contributed by atoms with Crippen LogP contribution in [0.3, 0.4) is 0 Å². The van der Waals surface area contributed by atoms with E-state index in [2.05, 4.69) is 5.32 Å². The molecule has 1 aromatic heterocycles. The first-order valence-electron chi connectivity index (χ1n) is 6.60. The summed E-state index contributed by atoms with van der Waals surface area (Å²) >= 11 is 0. The van der Waals surface area contributed by atoms with Crippen LogP contribution in [-0.4, -0.2) is 33.5 Å². The molecule has 2 aromatic rings. The summed E-state index contributed by atoms with van der Waals surface area (Å²) in [5.41, 5.74) is 0.793. The zero-order chi connectivity index (χ0) is 15.4. The van der Waals surface area contributed by atoms with Crippen LogP contribution in [0.25, 0.3) is 10.9 Å². The van der Waals surface area contributed by atoms with E-state index >= 15 is 0 Å². The second-order valence-corrected chi connectivity index (χ2v) is 4.77. The predicted octanol–water partition coefficient (Wildman–Crippen LogP) is 1.65. The molecule has 1 heterocycles. The van der Waals surface area contributed by atoms with Crippen molar-refractivity contribution in [1.82, 2.24) is 9.88 Å². The van der Waals surface area contributed by atoms with Crippen molar-refractivity contribution in [3.8, 4) is 0 Å². The fourth-order valence-corrected chi connectivity index (χ4v) is 2.02. The van der Waals surface area contributed by atoms with Gasteiger partial charge in [-0.2, -0.15) is 0 Å². The Hall–Kier alpha value is -2.63. The predicted molar refractivity (Wildman–Crippen MR) is 77.0 cm³/mol. The lowest BCUT2D eigenvalue weighted by Gasteiger charge is -2.09. The molecular formula is C15H16N2O4. The Labute approximate surface area is 121 Å². The first-order chi connectivity index (χ1) is 9.99. The van der Waals surface area contributed by atoms with Crippen LogP contribution in [0.15, 0.2) is 36.5 Å². The van der Waals surface area contributed by atoms with Gasteiger partial charge in [0.1, 0.15) is 6.04 Å². The van der Waals surface area contributed by atoms with E-state index < -0.39 is 17.9 Å². The van der Waals surface area contributed by atoms with Gasteiger partial charge in [-0.1, -0.05) is 18.2 Å². The standard InChI is InChI=1S/C15H16N2O4/c1-10(15(20)21)16-13(18)6-7-14(19)17-9-8-11-4-2-3-5-12(11)17/h2-5,8-10H,6-7H2,1H3,(H,16,18)(H,20,21). The van der Waals surface area contributed by atoms with Gasteiger partial charge < -0.3 is 10.4 Å². The Morgan fingerprint density at radius 1 is 1.19 bits per heavy atom. The van der Waals surface area contributed by atoms with Crippen LogP contribution in [0.2, 0.25) is 0 Å². The fourth-order valence-electron chi connectivity index (χ4n) is 2.02. The number of para-hydroxylation sites is 1. The molecule has 1 aromatic carbocycles. The Kier molecular flexibility index (Phi) is 4.37. The number of aromatic nitrogens is 1. The van der Waals surface area contributed by atoms with E-state index in [1.54, 1.807) is 6.20 Å². The summed E-state index contributed by atoms with van der Waals surface area (Å²) in [6, 6.07) is 8.34. The number of carboxylic acid groups (broad SMARTS) is 1. The quantitative estimate of drug-likeness (QED) is 0.875. The van der Waals surface area contributed by atoms with Gasteiger partial charge in [0.05, 0.1) is 5.52 Å². The minimum Gasteiger partial charge on any atom is -0.480 e. The van der Waals surface area contributed by atoms with Crippen LogP contribution >= 0.6 is 0 Å². The maximum atomic E-state index is 12.1. The lowest BCUT2D eigenvalue weighted by Crippen LogP contribution is -2.38. The summed E-state index contributed by atoms with van der Waals surface area (Å²) in [4.78, 5) is 34.3. The first-order valence-corrected chi connectivity index (χ1v) is 6.60. The lowest BCUT2D eigenvalue weighted by molar-refractivity contribution is -0.141. The van der Waals surface area contributed by atoms with E-state index in [-0.39, 0.29) is 18.7 Å². The Morgan fingerprint density at radius 2 is 1.90 bits per heavy atom. The van der Waals surface area contributed by atoms with Gasteiger partial charge in [0.25, 0.3) is 0 Å². The number of hydrogen-bond acceptors (Lipinski definition) is 3. The molecule has 0 saturated carbocycles. The van der Waals surface area contributed by atoms with Gasteiger partial charge in [-0.25, -0.2) is 0 Å². The van der Waals surface area contributed by atoms with Gasteiger partial charge in [-0.05, 0) is 19.1 Å². The molecule has 2 N–H and O–H groups in total. The number of aliphatic carboxylic acids is 1. The third-order valence-corrected chi connectivity index (χ3v) is 3.18. The SMILES string of the molecule is CC(NC(=O)CCC(=O)n1ccc2ccccc21)C(=O)O. The van der Waals surface area contributed by atoms with Gasteiger partial charge >= 0.3 is 5.97 Å². The van der Waals surface area contributed by atoms with Gasteiger partial charge in [-0.3, -0.25) is 19.0 Å². The zero-order valence-corrected chi connectivity index (χ0v) is 11.6. The fraction of sp³-hybridized carbons (Fsp3) is 0.267. The molecule has 1 unspecified atom stereocenters. The highest BCUT2D eigenvalue weighted by molar-refractivity contribution is 5.94. The number of hydrogen-bond donors (Lipinski definition) is 2.